The fourth-order valence-corrected chi connectivity index (χ4v) is 1.90. The molecular formula is C8H17N3O3S. The first kappa shape index (κ1) is 12.4. The van der Waals surface area contributed by atoms with Crippen molar-refractivity contribution in [1.29, 1.82) is 0 Å². The number of carbonyl (C=O) groups excluding carboxylic acids is 1. The van der Waals surface area contributed by atoms with Gasteiger partial charge in [-0.15, -0.1) is 0 Å². The van der Waals surface area contributed by atoms with Crippen LogP contribution in [0.25, 0.3) is 0 Å². The lowest BCUT2D eigenvalue weighted by Gasteiger charge is -2.22. The Hall–Kier alpha value is -0.660. The summed E-state index contributed by atoms with van der Waals surface area (Å²) in [6.07, 6.45) is 2.92. The van der Waals surface area contributed by atoms with Crippen LogP contribution >= 0.6 is 0 Å². The third-order valence-electron chi connectivity index (χ3n) is 2.31. The van der Waals surface area contributed by atoms with Crippen LogP contribution in [0.3, 0.4) is 0 Å². The van der Waals surface area contributed by atoms with E-state index in [9.17, 15) is 13.2 Å². The van der Waals surface area contributed by atoms with Gasteiger partial charge < -0.3 is 10.6 Å². The van der Waals surface area contributed by atoms with Crippen molar-refractivity contribution >= 4 is 15.9 Å². The Morgan fingerprint density at radius 2 is 2.20 bits per heavy atom. The predicted molar refractivity (Wildman–Crippen MR) is 56.6 cm³/mol. The lowest BCUT2D eigenvalue weighted by atomic mass is 10.0. The molecule has 0 aliphatic carbocycles. The second-order valence-electron chi connectivity index (χ2n) is 3.66. The zero-order valence-electron chi connectivity index (χ0n) is 8.53. The van der Waals surface area contributed by atoms with Gasteiger partial charge in [-0.05, 0) is 19.4 Å². The van der Waals surface area contributed by atoms with E-state index in [1.54, 1.807) is 0 Å². The summed E-state index contributed by atoms with van der Waals surface area (Å²) in [6, 6.07) is -0.181. The normalized spacial score (nSPS) is 22.3. The molecule has 1 aliphatic heterocycles. The third kappa shape index (κ3) is 5.10. The van der Waals surface area contributed by atoms with Crippen LogP contribution in [0.15, 0.2) is 0 Å². The summed E-state index contributed by atoms with van der Waals surface area (Å²) in [4.78, 5) is 11.5. The van der Waals surface area contributed by atoms with Crippen molar-refractivity contribution in [3.05, 3.63) is 0 Å². The molecule has 7 heteroatoms. The number of hydrogen-bond acceptors (Lipinski definition) is 4. The smallest absolute Gasteiger partial charge is 0.237 e. The van der Waals surface area contributed by atoms with Crippen LogP contribution in [-0.4, -0.2) is 39.2 Å². The number of carbonyl (C=O) groups is 1. The molecule has 0 aromatic heterocycles. The van der Waals surface area contributed by atoms with E-state index in [1.807, 2.05) is 0 Å². The van der Waals surface area contributed by atoms with Gasteiger partial charge in [0.25, 0.3) is 0 Å². The topological polar surface area (TPSA) is 101 Å². The van der Waals surface area contributed by atoms with Gasteiger partial charge in [-0.25, -0.2) is 13.6 Å². The SMILES string of the molecule is NS(=O)(=O)CCNC(=O)[C@@H]1CCCCN1. The van der Waals surface area contributed by atoms with Crippen LogP contribution in [0, 0.1) is 0 Å². The maximum Gasteiger partial charge on any atom is 0.237 e. The molecule has 0 unspecified atom stereocenters. The molecule has 1 heterocycles. The molecule has 1 aliphatic rings. The van der Waals surface area contributed by atoms with E-state index in [0.717, 1.165) is 25.8 Å². The maximum atomic E-state index is 11.5. The second-order valence-corrected chi connectivity index (χ2v) is 5.39. The summed E-state index contributed by atoms with van der Waals surface area (Å²) in [5.74, 6) is -0.357. The minimum Gasteiger partial charge on any atom is -0.354 e. The first-order valence-electron chi connectivity index (χ1n) is 5.00. The molecule has 1 saturated heterocycles. The van der Waals surface area contributed by atoms with E-state index in [1.165, 1.54) is 0 Å². The number of primary sulfonamides is 1. The highest BCUT2D eigenvalue weighted by molar-refractivity contribution is 7.89. The molecule has 0 aromatic rings. The average molecular weight is 235 g/mol. The number of amides is 1. The number of rotatable bonds is 4. The second kappa shape index (κ2) is 5.43. The lowest BCUT2D eigenvalue weighted by molar-refractivity contribution is -0.123. The van der Waals surface area contributed by atoms with E-state index in [0.29, 0.717) is 0 Å². The summed E-state index contributed by atoms with van der Waals surface area (Å²) in [6.45, 7) is 0.920. The quantitative estimate of drug-likeness (QED) is 0.554. The van der Waals surface area contributed by atoms with Crippen LogP contribution in [0.1, 0.15) is 19.3 Å². The first-order chi connectivity index (χ1) is 6.99. The number of hydrogen-bond donors (Lipinski definition) is 3. The van der Waals surface area contributed by atoms with Crippen molar-refractivity contribution in [3.8, 4) is 0 Å². The van der Waals surface area contributed by atoms with E-state index in [4.69, 9.17) is 5.14 Å². The average Bonchev–Trinajstić information content (AvgIpc) is 2.17. The summed E-state index contributed by atoms with van der Waals surface area (Å²) in [5, 5.41) is 10.4. The van der Waals surface area contributed by atoms with Crippen molar-refractivity contribution < 1.29 is 13.2 Å². The van der Waals surface area contributed by atoms with Crippen molar-refractivity contribution in [2.45, 2.75) is 25.3 Å². The van der Waals surface area contributed by atoms with E-state index in [-0.39, 0.29) is 24.2 Å². The summed E-state index contributed by atoms with van der Waals surface area (Å²) < 4.78 is 21.2. The monoisotopic (exact) mass is 235 g/mol. The molecule has 0 radical (unpaired) electrons. The fraction of sp³-hybridized carbons (Fsp3) is 0.875. The minimum atomic E-state index is -3.49. The number of piperidine rings is 1. The molecule has 1 rings (SSSR count). The van der Waals surface area contributed by atoms with Crippen molar-refractivity contribution in [2.75, 3.05) is 18.8 Å². The molecule has 1 fully saturated rings. The van der Waals surface area contributed by atoms with Gasteiger partial charge in [-0.1, -0.05) is 6.42 Å². The van der Waals surface area contributed by atoms with Crippen LogP contribution in [0.2, 0.25) is 0 Å². The molecule has 1 atom stereocenters. The van der Waals surface area contributed by atoms with Crippen LogP contribution < -0.4 is 15.8 Å². The van der Waals surface area contributed by atoms with Gasteiger partial charge >= 0.3 is 0 Å². The van der Waals surface area contributed by atoms with Gasteiger partial charge in [0.2, 0.25) is 15.9 Å². The Morgan fingerprint density at radius 3 is 2.73 bits per heavy atom. The number of nitrogens with two attached hydrogens (primary N) is 1. The van der Waals surface area contributed by atoms with Gasteiger partial charge in [0.1, 0.15) is 0 Å². The molecule has 0 bridgehead atoms. The van der Waals surface area contributed by atoms with Crippen LogP contribution in [-0.2, 0) is 14.8 Å². The van der Waals surface area contributed by atoms with E-state index in [2.05, 4.69) is 10.6 Å². The highest BCUT2D eigenvalue weighted by Gasteiger charge is 2.19. The molecule has 88 valence electrons. The van der Waals surface area contributed by atoms with Crippen LogP contribution in [0.5, 0.6) is 0 Å². The largest absolute Gasteiger partial charge is 0.354 e. The standard InChI is InChI=1S/C8H17N3O3S/c9-15(13,14)6-5-11-8(12)7-3-1-2-4-10-7/h7,10H,1-6H2,(H,11,12)(H2,9,13,14)/t7-/m0/s1. The third-order valence-corrected chi connectivity index (χ3v) is 3.09. The van der Waals surface area contributed by atoms with Gasteiger partial charge in [0.15, 0.2) is 0 Å². The lowest BCUT2D eigenvalue weighted by Crippen LogP contribution is -2.47. The zero-order valence-corrected chi connectivity index (χ0v) is 9.35. The van der Waals surface area contributed by atoms with E-state index < -0.39 is 10.0 Å². The Kier molecular flexibility index (Phi) is 4.49. The summed E-state index contributed by atoms with van der Waals surface area (Å²) >= 11 is 0. The van der Waals surface area contributed by atoms with Crippen LogP contribution in [0.4, 0.5) is 0 Å². The minimum absolute atomic E-state index is 0.0792. The zero-order chi connectivity index (χ0) is 11.3. The molecule has 1 amide bonds. The Balaban J connectivity index is 2.23. The van der Waals surface area contributed by atoms with Gasteiger partial charge in [0.05, 0.1) is 11.8 Å². The summed E-state index contributed by atoms with van der Waals surface area (Å²) in [7, 11) is -3.49. The van der Waals surface area contributed by atoms with E-state index >= 15 is 0 Å². The molecule has 0 spiro atoms. The highest BCUT2D eigenvalue weighted by Crippen LogP contribution is 2.06. The molecule has 6 nitrogen and oxygen atoms in total. The summed E-state index contributed by atoms with van der Waals surface area (Å²) in [5.41, 5.74) is 0. The Labute approximate surface area is 89.6 Å². The van der Waals surface area contributed by atoms with Crippen molar-refractivity contribution in [1.82, 2.24) is 10.6 Å². The Morgan fingerprint density at radius 1 is 1.47 bits per heavy atom. The Bertz CT molecular complexity index is 309. The molecule has 15 heavy (non-hydrogen) atoms. The number of sulfonamides is 1. The van der Waals surface area contributed by atoms with Gasteiger partial charge in [-0.2, -0.15) is 0 Å². The number of nitrogens with one attached hydrogen (secondary N) is 2. The van der Waals surface area contributed by atoms with Gasteiger partial charge in [0, 0.05) is 6.54 Å². The van der Waals surface area contributed by atoms with Gasteiger partial charge in [-0.3, -0.25) is 4.79 Å². The highest BCUT2D eigenvalue weighted by atomic mass is 32.2. The predicted octanol–water partition coefficient (Wildman–Crippen LogP) is -1.47. The maximum absolute atomic E-state index is 11.5. The molecule has 0 aromatic carbocycles. The molecule has 0 saturated carbocycles. The van der Waals surface area contributed by atoms with Crippen molar-refractivity contribution in [3.63, 3.8) is 0 Å². The molecular weight excluding hydrogens is 218 g/mol. The first-order valence-corrected chi connectivity index (χ1v) is 6.72. The van der Waals surface area contributed by atoms with Crippen molar-refractivity contribution in [2.24, 2.45) is 5.14 Å². The fourth-order valence-electron chi connectivity index (χ4n) is 1.52. The molecule has 4 N–H and O–H groups in total.